The number of carbonyl (C=O) groups is 3. The molecule has 0 aromatic heterocycles. The zero-order chi connectivity index (χ0) is 24.7. The second-order valence-electron chi connectivity index (χ2n) is 9.43. The van der Waals surface area contributed by atoms with E-state index >= 15 is 4.39 Å². The first-order chi connectivity index (χ1) is 16.8. The quantitative estimate of drug-likeness (QED) is 0.661. The molecule has 0 saturated carbocycles. The number of hydrogen-bond donors (Lipinski definition) is 1. The fourth-order valence-electron chi connectivity index (χ4n) is 5.26. The lowest BCUT2D eigenvalue weighted by Crippen LogP contribution is -2.52. The predicted molar refractivity (Wildman–Crippen MR) is 128 cm³/mol. The highest BCUT2D eigenvalue weighted by atomic mass is 19.1. The number of imide groups is 1. The van der Waals surface area contributed by atoms with Crippen LogP contribution in [0.5, 0.6) is 5.75 Å². The molecule has 3 aliphatic heterocycles. The Morgan fingerprint density at radius 2 is 1.86 bits per heavy atom. The van der Waals surface area contributed by atoms with Crippen molar-refractivity contribution in [2.24, 2.45) is 0 Å². The van der Waals surface area contributed by atoms with Gasteiger partial charge in [-0.3, -0.25) is 24.6 Å². The molecule has 1 atom stereocenters. The van der Waals surface area contributed by atoms with Gasteiger partial charge in [-0.15, -0.1) is 0 Å². The first-order valence-corrected chi connectivity index (χ1v) is 11.9. The maximum atomic E-state index is 15.1. The molecule has 0 spiro atoms. The number of hydrogen-bond acceptors (Lipinski definition) is 6. The summed E-state index contributed by atoms with van der Waals surface area (Å²) in [6, 6.07) is 8.53. The summed E-state index contributed by atoms with van der Waals surface area (Å²) in [4.78, 5) is 42.5. The molecule has 5 rings (SSSR count). The Balaban J connectivity index is 1.25. The van der Waals surface area contributed by atoms with Crippen LogP contribution < -0.4 is 15.0 Å². The van der Waals surface area contributed by atoms with Crippen LogP contribution in [0.2, 0.25) is 0 Å². The normalized spacial score (nSPS) is 20.8. The highest BCUT2D eigenvalue weighted by molar-refractivity contribution is 6.05. The lowest BCUT2D eigenvalue weighted by molar-refractivity contribution is -0.136. The Kier molecular flexibility index (Phi) is 6.19. The van der Waals surface area contributed by atoms with E-state index < -0.39 is 17.8 Å². The van der Waals surface area contributed by atoms with Gasteiger partial charge in [-0.1, -0.05) is 12.1 Å². The summed E-state index contributed by atoms with van der Waals surface area (Å²) in [5.74, 6) is -0.711. The van der Waals surface area contributed by atoms with Crippen LogP contribution in [0.3, 0.4) is 0 Å². The van der Waals surface area contributed by atoms with Crippen LogP contribution in [0.15, 0.2) is 30.3 Å². The molecule has 2 aromatic rings. The molecule has 3 aliphatic rings. The molecule has 2 saturated heterocycles. The first kappa shape index (κ1) is 23.3. The smallest absolute Gasteiger partial charge is 0.255 e. The lowest BCUT2D eigenvalue weighted by Gasteiger charge is -2.36. The third-order valence-electron chi connectivity index (χ3n) is 7.17. The van der Waals surface area contributed by atoms with Crippen molar-refractivity contribution < 1.29 is 23.5 Å². The lowest BCUT2D eigenvalue weighted by atomic mass is 10.0. The number of ether oxygens (including phenoxy) is 1. The second kappa shape index (κ2) is 9.30. The van der Waals surface area contributed by atoms with Crippen molar-refractivity contribution >= 4 is 23.4 Å². The van der Waals surface area contributed by atoms with Gasteiger partial charge in [0.05, 0.1) is 12.8 Å². The summed E-state index contributed by atoms with van der Waals surface area (Å²) in [5.41, 5.74) is 3.82. The number of methoxy groups -OCH3 is 1. The summed E-state index contributed by atoms with van der Waals surface area (Å²) < 4.78 is 20.4. The summed E-state index contributed by atoms with van der Waals surface area (Å²) in [6.07, 6.45) is 0.478. The van der Waals surface area contributed by atoms with Crippen LogP contribution >= 0.6 is 0 Å². The summed E-state index contributed by atoms with van der Waals surface area (Å²) >= 11 is 0. The Labute approximate surface area is 203 Å². The number of benzene rings is 2. The average Bonchev–Trinajstić information content (AvgIpc) is 3.14. The van der Waals surface area contributed by atoms with E-state index in [1.807, 2.05) is 17.9 Å². The summed E-state index contributed by atoms with van der Waals surface area (Å²) in [7, 11) is 1.67. The number of anilines is 1. The van der Waals surface area contributed by atoms with E-state index in [2.05, 4.69) is 22.3 Å². The molecule has 0 aliphatic carbocycles. The number of carbonyl (C=O) groups excluding carboxylic acids is 3. The van der Waals surface area contributed by atoms with Crippen LogP contribution in [0.1, 0.15) is 39.9 Å². The average molecular weight is 481 g/mol. The van der Waals surface area contributed by atoms with Crippen molar-refractivity contribution in [1.82, 2.24) is 15.1 Å². The minimum Gasteiger partial charge on any atom is -0.496 e. The molecule has 2 fully saturated rings. The number of rotatable bonds is 5. The maximum absolute atomic E-state index is 15.1. The molecule has 3 heterocycles. The molecular weight excluding hydrogens is 451 g/mol. The van der Waals surface area contributed by atoms with Crippen molar-refractivity contribution in [2.45, 2.75) is 38.9 Å². The fraction of sp³-hybridized carbons (Fsp3) is 0.423. The highest BCUT2D eigenvalue weighted by Crippen LogP contribution is 2.33. The number of aryl methyl sites for hydroxylation is 1. The maximum Gasteiger partial charge on any atom is 0.255 e. The molecular formula is C26H29FN4O4. The zero-order valence-electron chi connectivity index (χ0n) is 20.0. The van der Waals surface area contributed by atoms with Gasteiger partial charge in [0.25, 0.3) is 5.91 Å². The minimum atomic E-state index is -0.704. The van der Waals surface area contributed by atoms with E-state index in [0.29, 0.717) is 29.9 Å². The fourth-order valence-corrected chi connectivity index (χ4v) is 5.26. The van der Waals surface area contributed by atoms with E-state index in [1.165, 1.54) is 16.5 Å². The Bertz CT molecular complexity index is 1190. The Morgan fingerprint density at radius 1 is 1.09 bits per heavy atom. The van der Waals surface area contributed by atoms with E-state index in [0.717, 1.165) is 30.9 Å². The Morgan fingerprint density at radius 3 is 2.54 bits per heavy atom. The largest absolute Gasteiger partial charge is 0.496 e. The number of nitrogens with zero attached hydrogens (tertiary/aromatic N) is 3. The molecule has 0 bridgehead atoms. The SMILES string of the molecule is COc1ccc(CN2CCN(c3cc4c(cc3F)C(=O)N(C3CCC(=O)NC3=O)C4)CC2)cc1C. The number of amides is 3. The number of halogens is 1. The predicted octanol–water partition coefficient (Wildman–Crippen LogP) is 2.23. The van der Waals surface area contributed by atoms with Gasteiger partial charge in [0.15, 0.2) is 0 Å². The number of nitrogens with one attached hydrogen (secondary N) is 1. The molecule has 35 heavy (non-hydrogen) atoms. The van der Waals surface area contributed by atoms with Gasteiger partial charge in [0, 0.05) is 51.3 Å². The van der Waals surface area contributed by atoms with Gasteiger partial charge in [0.1, 0.15) is 17.6 Å². The first-order valence-electron chi connectivity index (χ1n) is 11.9. The molecule has 2 aromatic carbocycles. The van der Waals surface area contributed by atoms with Crippen molar-refractivity contribution in [1.29, 1.82) is 0 Å². The van der Waals surface area contributed by atoms with E-state index in [-0.39, 0.29) is 31.2 Å². The second-order valence-corrected chi connectivity index (χ2v) is 9.43. The topological polar surface area (TPSA) is 82.2 Å². The zero-order valence-corrected chi connectivity index (χ0v) is 20.0. The molecule has 8 nitrogen and oxygen atoms in total. The van der Waals surface area contributed by atoms with Gasteiger partial charge < -0.3 is 14.5 Å². The molecule has 1 unspecified atom stereocenters. The van der Waals surface area contributed by atoms with Gasteiger partial charge in [0.2, 0.25) is 11.8 Å². The van der Waals surface area contributed by atoms with Crippen LogP contribution in [0.4, 0.5) is 10.1 Å². The van der Waals surface area contributed by atoms with Crippen molar-refractivity contribution in [3.05, 3.63) is 58.4 Å². The van der Waals surface area contributed by atoms with E-state index in [4.69, 9.17) is 4.74 Å². The van der Waals surface area contributed by atoms with E-state index in [1.54, 1.807) is 13.2 Å². The number of fused-ring (bicyclic) bond motifs is 1. The van der Waals surface area contributed by atoms with Crippen molar-refractivity contribution in [2.75, 3.05) is 38.2 Å². The molecule has 1 N–H and O–H groups in total. The molecule has 3 amide bonds. The van der Waals surface area contributed by atoms with Crippen LogP contribution in [0.25, 0.3) is 0 Å². The minimum absolute atomic E-state index is 0.191. The summed E-state index contributed by atoms with van der Waals surface area (Å²) in [6.45, 7) is 6.03. The monoisotopic (exact) mass is 480 g/mol. The standard InChI is InChI=1S/C26H29FN4O4/c1-16-11-17(3-5-23(16)35-2)14-29-7-9-30(10-8-29)22-12-18-15-31(26(34)19(18)13-20(22)27)21-4-6-24(32)28-25(21)33/h3,5,11-13,21H,4,6-10,14-15H2,1-2H3,(H,28,32,33). The van der Waals surface area contributed by atoms with Gasteiger partial charge in [-0.25, -0.2) is 4.39 Å². The molecule has 184 valence electrons. The van der Waals surface area contributed by atoms with Crippen molar-refractivity contribution in [3.8, 4) is 5.75 Å². The molecule has 9 heteroatoms. The van der Waals surface area contributed by atoms with Crippen molar-refractivity contribution in [3.63, 3.8) is 0 Å². The van der Waals surface area contributed by atoms with E-state index in [9.17, 15) is 14.4 Å². The van der Waals surface area contributed by atoms with Crippen LogP contribution in [0, 0.1) is 12.7 Å². The third-order valence-corrected chi connectivity index (χ3v) is 7.17. The van der Waals surface area contributed by atoms with Crippen LogP contribution in [-0.2, 0) is 22.7 Å². The third kappa shape index (κ3) is 4.48. The van der Waals surface area contributed by atoms with Gasteiger partial charge in [-0.05, 0) is 48.2 Å². The molecule has 0 radical (unpaired) electrons. The van der Waals surface area contributed by atoms with Gasteiger partial charge in [-0.2, -0.15) is 0 Å². The number of piperidine rings is 1. The number of piperazine rings is 1. The van der Waals surface area contributed by atoms with Crippen LogP contribution in [-0.4, -0.2) is 66.9 Å². The Hall–Kier alpha value is -3.46. The van der Waals surface area contributed by atoms with Gasteiger partial charge >= 0.3 is 0 Å². The highest BCUT2D eigenvalue weighted by Gasteiger charge is 2.40. The summed E-state index contributed by atoms with van der Waals surface area (Å²) in [5, 5.41) is 2.29.